The maximum absolute atomic E-state index is 12.4. The van der Waals surface area contributed by atoms with Crippen LogP contribution in [-0.2, 0) is 18.8 Å². The summed E-state index contributed by atoms with van der Waals surface area (Å²) in [5.74, 6) is 1.87. The number of anilines is 1. The van der Waals surface area contributed by atoms with Crippen molar-refractivity contribution in [2.75, 3.05) is 24.6 Å². The number of rotatable bonds is 3. The van der Waals surface area contributed by atoms with Gasteiger partial charge in [0.1, 0.15) is 5.69 Å². The Balaban J connectivity index is 1.79. The predicted octanol–water partition coefficient (Wildman–Crippen LogP) is 1.59. The van der Waals surface area contributed by atoms with Crippen LogP contribution in [-0.4, -0.2) is 50.3 Å². The minimum atomic E-state index is -0.121. The Labute approximate surface area is 157 Å². The van der Waals surface area contributed by atoms with Gasteiger partial charge in [-0.1, -0.05) is 32.0 Å². The topological polar surface area (TPSA) is 78.1 Å². The molecule has 0 saturated carbocycles. The Kier molecular flexibility index (Phi) is 4.43. The molecule has 1 aliphatic heterocycles. The van der Waals surface area contributed by atoms with Gasteiger partial charge in [-0.05, 0) is 12.0 Å². The van der Waals surface area contributed by atoms with Crippen molar-refractivity contribution in [2.45, 2.75) is 20.0 Å². The van der Waals surface area contributed by atoms with E-state index in [-0.39, 0.29) is 11.7 Å². The Morgan fingerprint density at radius 1 is 1.15 bits per heavy atom. The molecule has 0 unspecified atom stereocenters. The van der Waals surface area contributed by atoms with Gasteiger partial charge < -0.3 is 9.64 Å². The fourth-order valence-electron chi connectivity index (χ4n) is 3.53. The van der Waals surface area contributed by atoms with Crippen LogP contribution in [0.2, 0.25) is 0 Å². The lowest BCUT2D eigenvalue weighted by Gasteiger charge is -2.35. The van der Waals surface area contributed by atoms with Crippen molar-refractivity contribution >= 4 is 16.7 Å². The summed E-state index contributed by atoms with van der Waals surface area (Å²) in [4.78, 5) is 14.6. The van der Waals surface area contributed by atoms with E-state index in [2.05, 4.69) is 34.0 Å². The summed E-state index contributed by atoms with van der Waals surface area (Å²) in [5, 5.41) is 14.7. The van der Waals surface area contributed by atoms with Crippen molar-refractivity contribution in [3.8, 4) is 11.5 Å². The van der Waals surface area contributed by atoms with E-state index in [1.54, 1.807) is 7.05 Å². The van der Waals surface area contributed by atoms with Gasteiger partial charge in [0.2, 0.25) is 5.95 Å². The highest BCUT2D eigenvalue weighted by atomic mass is 16.5. The van der Waals surface area contributed by atoms with E-state index in [1.165, 1.54) is 4.68 Å². The molecule has 0 aliphatic carbocycles. The Morgan fingerprint density at radius 2 is 1.89 bits per heavy atom. The number of nitrogens with zero attached hydrogens (tertiary/aromatic N) is 6. The summed E-state index contributed by atoms with van der Waals surface area (Å²) in [6.07, 6.45) is 0.176. The molecule has 1 atom stereocenters. The maximum Gasteiger partial charge on any atom is 0.274 e. The fourth-order valence-corrected chi connectivity index (χ4v) is 3.53. The van der Waals surface area contributed by atoms with Crippen LogP contribution in [0.15, 0.2) is 29.1 Å². The molecule has 4 rings (SSSR count). The summed E-state index contributed by atoms with van der Waals surface area (Å²) in [7, 11) is 3.59. The zero-order valence-corrected chi connectivity index (χ0v) is 16.1. The normalized spacial score (nSPS) is 17.8. The second-order valence-corrected chi connectivity index (χ2v) is 7.30. The molecule has 1 aromatic carbocycles. The van der Waals surface area contributed by atoms with Crippen LogP contribution in [0.25, 0.3) is 22.3 Å². The van der Waals surface area contributed by atoms with E-state index in [0.29, 0.717) is 29.4 Å². The number of fused-ring (bicyclic) bond motifs is 1. The smallest absolute Gasteiger partial charge is 0.274 e. The molecule has 0 spiro atoms. The highest BCUT2D eigenvalue weighted by molar-refractivity contribution is 5.92. The number of aryl methyl sites for hydroxylation is 1. The van der Waals surface area contributed by atoms with Gasteiger partial charge in [-0.2, -0.15) is 5.10 Å². The van der Waals surface area contributed by atoms with Crippen LogP contribution < -0.4 is 10.5 Å². The van der Waals surface area contributed by atoms with Crippen molar-refractivity contribution in [1.82, 2.24) is 24.5 Å². The van der Waals surface area contributed by atoms with E-state index in [9.17, 15) is 4.79 Å². The lowest BCUT2D eigenvalue weighted by atomic mass is 10.1. The van der Waals surface area contributed by atoms with Crippen LogP contribution >= 0.6 is 0 Å². The molecule has 1 fully saturated rings. The molecule has 0 amide bonds. The molecule has 27 heavy (non-hydrogen) atoms. The van der Waals surface area contributed by atoms with Crippen LogP contribution in [0.5, 0.6) is 0 Å². The minimum absolute atomic E-state index is 0.121. The van der Waals surface area contributed by atoms with Gasteiger partial charge >= 0.3 is 0 Å². The lowest BCUT2D eigenvalue weighted by Crippen LogP contribution is -2.45. The Hall–Kier alpha value is -2.74. The first-order valence-electron chi connectivity index (χ1n) is 9.19. The van der Waals surface area contributed by atoms with Gasteiger partial charge in [0, 0.05) is 32.6 Å². The molecule has 0 bridgehead atoms. The maximum atomic E-state index is 12.4. The average Bonchev–Trinajstić information content (AvgIpc) is 3.06. The molecular formula is C19H24N6O2. The van der Waals surface area contributed by atoms with Crippen molar-refractivity contribution in [1.29, 1.82) is 0 Å². The molecule has 2 aromatic heterocycles. The molecule has 0 radical (unpaired) electrons. The standard InChI is InChI=1S/C19H24N6O2/c1-12(2)15-11-25(9-10-27-15)19-21-20-17(23(19)3)16-13-7-5-6-8-14(13)18(26)24(4)22-16/h5-8,12,15H,9-11H2,1-4H3/t15-/m1/s1. The van der Waals surface area contributed by atoms with Crippen molar-refractivity contribution in [2.24, 2.45) is 20.0 Å². The van der Waals surface area contributed by atoms with Gasteiger partial charge in [-0.25, -0.2) is 4.68 Å². The van der Waals surface area contributed by atoms with Crippen molar-refractivity contribution < 1.29 is 4.74 Å². The van der Waals surface area contributed by atoms with Gasteiger partial charge in [-0.3, -0.25) is 9.36 Å². The Morgan fingerprint density at radius 3 is 2.63 bits per heavy atom. The van der Waals surface area contributed by atoms with Gasteiger partial charge in [0.25, 0.3) is 5.56 Å². The average molecular weight is 368 g/mol. The van der Waals surface area contributed by atoms with Gasteiger partial charge in [0.05, 0.1) is 18.1 Å². The molecule has 1 aliphatic rings. The summed E-state index contributed by atoms with van der Waals surface area (Å²) >= 11 is 0. The molecule has 0 N–H and O–H groups in total. The molecule has 8 heteroatoms. The second kappa shape index (κ2) is 6.77. The summed E-state index contributed by atoms with van der Waals surface area (Å²) in [6, 6.07) is 7.47. The van der Waals surface area contributed by atoms with Crippen molar-refractivity contribution in [3.05, 3.63) is 34.6 Å². The molecule has 3 aromatic rings. The minimum Gasteiger partial charge on any atom is -0.374 e. The van der Waals surface area contributed by atoms with Gasteiger partial charge in [0.15, 0.2) is 5.82 Å². The third-order valence-electron chi connectivity index (χ3n) is 5.14. The fraction of sp³-hybridized carbons (Fsp3) is 0.474. The number of aromatic nitrogens is 5. The first kappa shape index (κ1) is 17.7. The molecule has 3 heterocycles. The van der Waals surface area contributed by atoms with E-state index in [1.807, 2.05) is 35.9 Å². The molecule has 8 nitrogen and oxygen atoms in total. The van der Waals surface area contributed by atoms with E-state index in [4.69, 9.17) is 4.74 Å². The largest absolute Gasteiger partial charge is 0.374 e. The lowest BCUT2D eigenvalue weighted by molar-refractivity contribution is 0.0108. The van der Waals surface area contributed by atoms with Crippen LogP contribution in [0.3, 0.4) is 0 Å². The van der Waals surface area contributed by atoms with E-state index < -0.39 is 0 Å². The van der Waals surface area contributed by atoms with Crippen molar-refractivity contribution in [3.63, 3.8) is 0 Å². The van der Waals surface area contributed by atoms with E-state index in [0.717, 1.165) is 24.4 Å². The van der Waals surface area contributed by atoms with Crippen LogP contribution in [0, 0.1) is 5.92 Å². The molecule has 142 valence electrons. The molecular weight excluding hydrogens is 344 g/mol. The van der Waals surface area contributed by atoms with Crippen LogP contribution in [0.1, 0.15) is 13.8 Å². The number of hydrogen-bond acceptors (Lipinski definition) is 6. The SMILES string of the molecule is CC(C)[C@H]1CN(c2nnc(-c3nn(C)c(=O)c4ccccc34)n2C)CCO1. The first-order valence-corrected chi connectivity index (χ1v) is 9.19. The second-order valence-electron chi connectivity index (χ2n) is 7.30. The monoisotopic (exact) mass is 368 g/mol. The highest BCUT2D eigenvalue weighted by Gasteiger charge is 2.27. The quantitative estimate of drug-likeness (QED) is 0.699. The van der Waals surface area contributed by atoms with Crippen LogP contribution in [0.4, 0.5) is 5.95 Å². The zero-order valence-electron chi connectivity index (χ0n) is 16.1. The molecule has 1 saturated heterocycles. The summed E-state index contributed by atoms with van der Waals surface area (Å²) in [5.41, 5.74) is 0.535. The third kappa shape index (κ3) is 2.99. The first-order chi connectivity index (χ1) is 13.0. The predicted molar refractivity (Wildman–Crippen MR) is 104 cm³/mol. The third-order valence-corrected chi connectivity index (χ3v) is 5.14. The number of ether oxygens (including phenoxy) is 1. The highest BCUT2D eigenvalue weighted by Crippen LogP contribution is 2.26. The van der Waals surface area contributed by atoms with Gasteiger partial charge in [-0.15, -0.1) is 10.2 Å². The Bertz CT molecular complexity index is 1040. The van der Waals surface area contributed by atoms with E-state index >= 15 is 0 Å². The summed E-state index contributed by atoms with van der Waals surface area (Å²) in [6.45, 7) is 6.56. The number of benzene rings is 1. The zero-order chi connectivity index (χ0) is 19.1. The number of morpholine rings is 1. The summed E-state index contributed by atoms with van der Waals surface area (Å²) < 4.78 is 9.16. The number of hydrogen-bond donors (Lipinski definition) is 0.